The topological polar surface area (TPSA) is 71.8 Å². The van der Waals surface area contributed by atoms with E-state index in [9.17, 15) is 10.1 Å². The Hall–Kier alpha value is -1.88. The van der Waals surface area contributed by atoms with Crippen LogP contribution in [0, 0.1) is 10.1 Å². The van der Waals surface area contributed by atoms with Crippen LogP contribution in [0.2, 0.25) is 5.02 Å². The molecule has 1 N–H and O–H groups in total. The summed E-state index contributed by atoms with van der Waals surface area (Å²) in [5, 5.41) is 18.6. The monoisotopic (exact) mass is 237 g/mol. The van der Waals surface area contributed by atoms with E-state index in [0.717, 1.165) is 10.9 Å². The van der Waals surface area contributed by atoms with Gasteiger partial charge in [0.15, 0.2) is 0 Å². The molecule has 0 fully saturated rings. The van der Waals surface area contributed by atoms with Crippen molar-refractivity contribution in [3.05, 3.63) is 44.7 Å². The van der Waals surface area contributed by atoms with E-state index in [-0.39, 0.29) is 5.70 Å². The molecule has 0 radical (unpaired) electrons. The van der Waals surface area contributed by atoms with Gasteiger partial charge in [-0.1, -0.05) is 11.6 Å². The second kappa shape index (κ2) is 3.94. The summed E-state index contributed by atoms with van der Waals surface area (Å²) in [5.41, 5.74) is 1.35. The molecular weight excluding hydrogens is 230 g/mol. The van der Waals surface area contributed by atoms with E-state index < -0.39 is 4.92 Å². The second-order valence-electron chi connectivity index (χ2n) is 3.34. The number of H-pyrrole nitrogens is 1. The minimum atomic E-state index is -0.453. The number of hydrogen-bond donors (Lipinski definition) is 1. The molecule has 0 bridgehead atoms. The molecule has 0 aliphatic carbocycles. The third-order valence-corrected chi connectivity index (χ3v) is 2.42. The summed E-state index contributed by atoms with van der Waals surface area (Å²) in [5.74, 6) is 0. The number of halogens is 1. The average Bonchev–Trinajstić information content (AvgIpc) is 2.61. The van der Waals surface area contributed by atoms with Gasteiger partial charge < -0.3 is 0 Å². The van der Waals surface area contributed by atoms with Crippen molar-refractivity contribution in [1.29, 1.82) is 0 Å². The number of nitrogens with zero attached hydrogens (tertiary/aromatic N) is 2. The molecule has 0 spiro atoms. The molecular formula is C10H8ClN3O2. The molecule has 6 heteroatoms. The molecule has 0 aliphatic heterocycles. The SMILES string of the molecule is C/C(=C\c1n[nH]c2ccc(Cl)cc12)[N+](=O)[O-]. The minimum Gasteiger partial charge on any atom is -0.277 e. The van der Waals surface area contributed by atoms with Crippen LogP contribution in [0.5, 0.6) is 0 Å². The normalized spacial score (nSPS) is 12.0. The maximum Gasteiger partial charge on any atom is 0.245 e. The van der Waals surface area contributed by atoms with Gasteiger partial charge in [0.2, 0.25) is 5.70 Å². The maximum atomic E-state index is 10.5. The van der Waals surface area contributed by atoms with Crippen LogP contribution in [0.25, 0.3) is 17.0 Å². The quantitative estimate of drug-likeness (QED) is 0.645. The largest absolute Gasteiger partial charge is 0.277 e. The van der Waals surface area contributed by atoms with Crippen LogP contribution in [0.4, 0.5) is 0 Å². The van der Waals surface area contributed by atoms with Crippen LogP contribution >= 0.6 is 11.6 Å². The summed E-state index contributed by atoms with van der Waals surface area (Å²) < 4.78 is 0. The fourth-order valence-electron chi connectivity index (χ4n) is 1.37. The van der Waals surface area contributed by atoms with E-state index in [1.54, 1.807) is 18.2 Å². The van der Waals surface area contributed by atoms with Crippen LogP contribution in [0.15, 0.2) is 23.9 Å². The van der Waals surface area contributed by atoms with E-state index in [1.807, 2.05) is 0 Å². The molecule has 1 aromatic heterocycles. The number of aromatic amines is 1. The summed E-state index contributed by atoms with van der Waals surface area (Å²) >= 11 is 5.85. The Kier molecular flexibility index (Phi) is 2.62. The first-order valence-electron chi connectivity index (χ1n) is 4.54. The molecule has 0 atom stereocenters. The highest BCUT2D eigenvalue weighted by Gasteiger charge is 2.08. The Bertz CT molecular complexity index is 589. The second-order valence-corrected chi connectivity index (χ2v) is 3.78. The number of nitrogens with one attached hydrogen (secondary N) is 1. The van der Waals surface area contributed by atoms with Gasteiger partial charge in [-0.25, -0.2) is 0 Å². The van der Waals surface area contributed by atoms with Gasteiger partial charge in [-0.05, 0) is 18.2 Å². The molecule has 82 valence electrons. The maximum absolute atomic E-state index is 10.5. The molecule has 5 nitrogen and oxygen atoms in total. The van der Waals surface area contributed by atoms with Crippen molar-refractivity contribution < 1.29 is 4.92 Å². The smallest absolute Gasteiger partial charge is 0.245 e. The zero-order valence-electron chi connectivity index (χ0n) is 8.40. The lowest BCUT2D eigenvalue weighted by molar-refractivity contribution is -0.422. The number of aromatic nitrogens is 2. The molecule has 0 amide bonds. The Morgan fingerprint density at radius 2 is 2.38 bits per heavy atom. The summed E-state index contributed by atoms with van der Waals surface area (Å²) in [6.07, 6.45) is 1.41. The van der Waals surface area contributed by atoms with Crippen molar-refractivity contribution in [2.24, 2.45) is 0 Å². The number of nitro groups is 1. The average molecular weight is 238 g/mol. The van der Waals surface area contributed by atoms with Crippen LogP contribution in [-0.2, 0) is 0 Å². The number of benzene rings is 1. The van der Waals surface area contributed by atoms with Gasteiger partial charge in [0, 0.05) is 23.4 Å². The first-order chi connectivity index (χ1) is 7.58. The van der Waals surface area contributed by atoms with Crippen LogP contribution in [-0.4, -0.2) is 15.1 Å². The molecule has 16 heavy (non-hydrogen) atoms. The van der Waals surface area contributed by atoms with Gasteiger partial charge in [0.25, 0.3) is 0 Å². The van der Waals surface area contributed by atoms with Crippen LogP contribution in [0.1, 0.15) is 12.6 Å². The Labute approximate surface area is 95.9 Å². The first-order valence-corrected chi connectivity index (χ1v) is 4.92. The molecule has 2 rings (SSSR count). The van der Waals surface area contributed by atoms with Gasteiger partial charge in [-0.3, -0.25) is 15.2 Å². The van der Waals surface area contributed by atoms with E-state index in [4.69, 9.17) is 11.6 Å². The third kappa shape index (κ3) is 1.90. The van der Waals surface area contributed by atoms with Gasteiger partial charge in [-0.2, -0.15) is 5.10 Å². The first kappa shape index (κ1) is 10.6. The summed E-state index contributed by atoms with van der Waals surface area (Å²) in [4.78, 5) is 10.0. The fourth-order valence-corrected chi connectivity index (χ4v) is 1.54. The van der Waals surface area contributed by atoms with Crippen LogP contribution < -0.4 is 0 Å². The van der Waals surface area contributed by atoms with Gasteiger partial charge in [0.05, 0.1) is 16.1 Å². The Morgan fingerprint density at radius 3 is 3.06 bits per heavy atom. The molecule has 1 aromatic carbocycles. The van der Waals surface area contributed by atoms with Gasteiger partial charge in [-0.15, -0.1) is 0 Å². The van der Waals surface area contributed by atoms with Crippen molar-refractivity contribution in [2.75, 3.05) is 0 Å². The molecule has 0 unspecified atom stereocenters. The number of rotatable bonds is 2. The lowest BCUT2D eigenvalue weighted by atomic mass is 10.2. The molecule has 2 aromatic rings. The van der Waals surface area contributed by atoms with E-state index in [1.165, 1.54) is 13.0 Å². The Balaban J connectivity index is 2.57. The predicted molar refractivity (Wildman–Crippen MR) is 61.7 cm³/mol. The lowest BCUT2D eigenvalue weighted by Crippen LogP contribution is -1.93. The summed E-state index contributed by atoms with van der Waals surface area (Å²) in [6.45, 7) is 1.42. The molecule has 1 heterocycles. The molecule has 0 saturated heterocycles. The van der Waals surface area contributed by atoms with Crippen molar-refractivity contribution in [1.82, 2.24) is 10.2 Å². The van der Waals surface area contributed by atoms with Crippen molar-refractivity contribution >= 4 is 28.6 Å². The van der Waals surface area contributed by atoms with Gasteiger partial charge >= 0.3 is 0 Å². The number of allylic oxidation sites excluding steroid dienone is 1. The third-order valence-electron chi connectivity index (χ3n) is 2.19. The van der Waals surface area contributed by atoms with Crippen LogP contribution in [0.3, 0.4) is 0 Å². The molecule has 0 aliphatic rings. The zero-order valence-corrected chi connectivity index (χ0v) is 9.15. The fraction of sp³-hybridized carbons (Fsp3) is 0.100. The van der Waals surface area contributed by atoms with E-state index in [0.29, 0.717) is 10.7 Å². The number of hydrogen-bond acceptors (Lipinski definition) is 3. The molecule has 0 saturated carbocycles. The van der Waals surface area contributed by atoms with Gasteiger partial charge in [0.1, 0.15) is 0 Å². The highest BCUT2D eigenvalue weighted by Crippen LogP contribution is 2.22. The zero-order chi connectivity index (χ0) is 11.7. The standard InChI is InChI=1S/C10H8ClN3O2/c1-6(14(15)16)4-10-8-5-7(11)2-3-9(8)12-13-10/h2-5H,1H3,(H,12,13)/b6-4+. The minimum absolute atomic E-state index is 0.0355. The van der Waals surface area contributed by atoms with E-state index in [2.05, 4.69) is 10.2 Å². The summed E-state index contributed by atoms with van der Waals surface area (Å²) in [6, 6.07) is 5.23. The Morgan fingerprint density at radius 1 is 1.62 bits per heavy atom. The van der Waals surface area contributed by atoms with E-state index >= 15 is 0 Å². The highest BCUT2D eigenvalue weighted by molar-refractivity contribution is 6.31. The van der Waals surface area contributed by atoms with Crippen molar-refractivity contribution in [3.63, 3.8) is 0 Å². The number of fused-ring (bicyclic) bond motifs is 1. The highest BCUT2D eigenvalue weighted by atomic mass is 35.5. The van der Waals surface area contributed by atoms with Crippen molar-refractivity contribution in [2.45, 2.75) is 6.92 Å². The lowest BCUT2D eigenvalue weighted by Gasteiger charge is -1.92. The predicted octanol–water partition coefficient (Wildman–Crippen LogP) is 2.85. The summed E-state index contributed by atoms with van der Waals surface area (Å²) in [7, 11) is 0. The van der Waals surface area contributed by atoms with Crippen molar-refractivity contribution in [3.8, 4) is 0 Å².